The minimum atomic E-state index is -0.119. The number of amidine groups is 1. The molecule has 1 aromatic carbocycles. The minimum Gasteiger partial charge on any atom is -0.438 e. The fourth-order valence-corrected chi connectivity index (χ4v) is 1.34. The van der Waals surface area contributed by atoms with Crippen LogP contribution in [0.5, 0.6) is 11.6 Å². The molecule has 0 atom stereocenters. The Labute approximate surface area is 109 Å². The summed E-state index contributed by atoms with van der Waals surface area (Å²) in [6, 6.07) is 6.91. The highest BCUT2D eigenvalue weighted by Gasteiger charge is 2.04. The predicted octanol–water partition coefficient (Wildman–Crippen LogP) is 0.856. The van der Waals surface area contributed by atoms with Gasteiger partial charge in [0.1, 0.15) is 11.4 Å². The third-order valence-electron chi connectivity index (χ3n) is 2.33. The summed E-state index contributed by atoms with van der Waals surface area (Å²) in [7, 11) is 0. The quantitative estimate of drug-likeness (QED) is 0.325. The fourth-order valence-electron chi connectivity index (χ4n) is 1.34. The highest BCUT2D eigenvalue weighted by molar-refractivity contribution is 5.94. The summed E-state index contributed by atoms with van der Waals surface area (Å²) >= 11 is 0. The molecule has 0 amide bonds. The van der Waals surface area contributed by atoms with E-state index in [1.165, 1.54) is 12.4 Å². The molecule has 1 heterocycles. The Morgan fingerprint density at radius 3 is 2.47 bits per heavy atom. The molecule has 0 fully saturated rings. The summed E-state index contributed by atoms with van der Waals surface area (Å²) in [5.74, 6) is 0.737. The molecule has 0 spiro atoms. The van der Waals surface area contributed by atoms with Crippen molar-refractivity contribution in [3.05, 3.63) is 47.9 Å². The lowest BCUT2D eigenvalue weighted by molar-refractivity contribution is 0.281. The van der Waals surface area contributed by atoms with Crippen molar-refractivity contribution in [3.8, 4) is 11.6 Å². The molecule has 98 valence electrons. The van der Waals surface area contributed by atoms with Gasteiger partial charge in [0.25, 0.3) is 0 Å². The maximum absolute atomic E-state index is 8.92. The Bertz CT molecular complexity index is 567. The lowest BCUT2D eigenvalue weighted by atomic mass is 10.2. The second-order valence-electron chi connectivity index (χ2n) is 3.63. The van der Waals surface area contributed by atoms with E-state index in [4.69, 9.17) is 20.8 Å². The van der Waals surface area contributed by atoms with E-state index in [1.54, 1.807) is 24.3 Å². The van der Waals surface area contributed by atoms with E-state index >= 15 is 0 Å². The number of aliphatic hydroxyl groups excluding tert-OH is 1. The second-order valence-corrected chi connectivity index (χ2v) is 3.63. The van der Waals surface area contributed by atoms with Crippen LogP contribution < -0.4 is 10.5 Å². The summed E-state index contributed by atoms with van der Waals surface area (Å²) in [4.78, 5) is 7.92. The van der Waals surface area contributed by atoms with Crippen LogP contribution in [0.3, 0.4) is 0 Å². The monoisotopic (exact) mass is 260 g/mol. The van der Waals surface area contributed by atoms with E-state index in [-0.39, 0.29) is 24.0 Å². The van der Waals surface area contributed by atoms with Crippen molar-refractivity contribution >= 4 is 5.84 Å². The fraction of sp³-hybridized carbons (Fsp3) is 0.0833. The average Bonchev–Trinajstić information content (AvgIpc) is 2.48. The van der Waals surface area contributed by atoms with Crippen LogP contribution in [0.4, 0.5) is 0 Å². The van der Waals surface area contributed by atoms with Gasteiger partial charge in [-0.25, -0.2) is 9.97 Å². The van der Waals surface area contributed by atoms with E-state index in [2.05, 4.69) is 15.1 Å². The first kappa shape index (κ1) is 12.8. The molecule has 4 N–H and O–H groups in total. The third-order valence-corrected chi connectivity index (χ3v) is 2.33. The lowest BCUT2D eigenvalue weighted by Gasteiger charge is -2.05. The van der Waals surface area contributed by atoms with Crippen molar-refractivity contribution in [1.29, 1.82) is 0 Å². The first-order valence-corrected chi connectivity index (χ1v) is 5.40. The molecule has 2 rings (SSSR count). The van der Waals surface area contributed by atoms with Gasteiger partial charge < -0.3 is 20.8 Å². The number of hydrogen-bond acceptors (Lipinski definition) is 6. The van der Waals surface area contributed by atoms with Crippen LogP contribution in [0.25, 0.3) is 0 Å². The van der Waals surface area contributed by atoms with E-state index < -0.39 is 0 Å². The number of aromatic nitrogens is 2. The van der Waals surface area contributed by atoms with Gasteiger partial charge in [-0.1, -0.05) is 17.3 Å². The van der Waals surface area contributed by atoms with Crippen LogP contribution in [0.2, 0.25) is 0 Å². The number of hydrogen-bond donors (Lipinski definition) is 3. The van der Waals surface area contributed by atoms with Gasteiger partial charge in [0.15, 0.2) is 5.84 Å². The highest BCUT2D eigenvalue weighted by Crippen LogP contribution is 2.18. The van der Waals surface area contributed by atoms with Crippen LogP contribution in [0.1, 0.15) is 11.3 Å². The zero-order chi connectivity index (χ0) is 13.7. The third kappa shape index (κ3) is 3.17. The van der Waals surface area contributed by atoms with Crippen LogP contribution in [-0.4, -0.2) is 26.1 Å². The summed E-state index contributed by atoms with van der Waals surface area (Å²) in [5, 5.41) is 20.2. The van der Waals surface area contributed by atoms with Crippen LogP contribution in [-0.2, 0) is 6.61 Å². The molecule has 19 heavy (non-hydrogen) atoms. The van der Waals surface area contributed by atoms with Crippen LogP contribution in [0, 0.1) is 0 Å². The van der Waals surface area contributed by atoms with Gasteiger partial charge in [-0.3, -0.25) is 0 Å². The largest absolute Gasteiger partial charge is 0.438 e. The molecule has 7 nitrogen and oxygen atoms in total. The first-order chi connectivity index (χ1) is 9.22. The topological polar surface area (TPSA) is 114 Å². The van der Waals surface area contributed by atoms with Crippen molar-refractivity contribution in [3.63, 3.8) is 0 Å². The molecule has 0 aliphatic carbocycles. The standard InChI is InChI=1S/C12H12N4O3/c13-12(16-18)10-5-15-11(6-14-10)19-9-3-1-8(7-17)2-4-9/h1-6,17-18H,7H2,(H2,13,16). The molecule has 0 saturated heterocycles. The Morgan fingerprint density at radius 1 is 1.21 bits per heavy atom. The number of benzene rings is 1. The Morgan fingerprint density at radius 2 is 1.95 bits per heavy atom. The van der Waals surface area contributed by atoms with Crippen molar-refractivity contribution in [2.45, 2.75) is 6.61 Å². The van der Waals surface area contributed by atoms with E-state index in [1.807, 2.05) is 0 Å². The number of nitrogens with two attached hydrogens (primary N) is 1. The summed E-state index contributed by atoms with van der Waals surface area (Å²) in [6.45, 7) is -0.0193. The predicted molar refractivity (Wildman–Crippen MR) is 67.0 cm³/mol. The van der Waals surface area contributed by atoms with Gasteiger partial charge in [-0.15, -0.1) is 0 Å². The molecule has 2 aromatic rings. The summed E-state index contributed by atoms with van der Waals surface area (Å²) in [5.41, 5.74) is 6.41. The second kappa shape index (κ2) is 5.78. The van der Waals surface area contributed by atoms with Crippen molar-refractivity contribution in [2.75, 3.05) is 0 Å². The maximum atomic E-state index is 8.92. The van der Waals surface area contributed by atoms with E-state index in [0.29, 0.717) is 5.75 Å². The highest BCUT2D eigenvalue weighted by atomic mass is 16.5. The molecule has 0 aliphatic heterocycles. The zero-order valence-electron chi connectivity index (χ0n) is 9.89. The van der Waals surface area contributed by atoms with Crippen molar-refractivity contribution in [2.24, 2.45) is 10.9 Å². The van der Waals surface area contributed by atoms with Crippen molar-refractivity contribution < 1.29 is 15.1 Å². The average molecular weight is 260 g/mol. The van der Waals surface area contributed by atoms with Gasteiger partial charge in [0, 0.05) is 0 Å². The lowest BCUT2D eigenvalue weighted by Crippen LogP contribution is -2.15. The van der Waals surface area contributed by atoms with Gasteiger partial charge in [-0.2, -0.15) is 0 Å². The van der Waals surface area contributed by atoms with Crippen LogP contribution >= 0.6 is 0 Å². The Balaban J connectivity index is 2.10. The van der Waals surface area contributed by atoms with Gasteiger partial charge >= 0.3 is 0 Å². The minimum absolute atomic E-state index is 0.0193. The molecule has 0 aliphatic rings. The number of aliphatic hydroxyl groups is 1. The number of oxime groups is 1. The summed E-state index contributed by atoms with van der Waals surface area (Å²) in [6.07, 6.45) is 2.71. The Kier molecular flexibility index (Phi) is 3.89. The van der Waals surface area contributed by atoms with Crippen molar-refractivity contribution in [1.82, 2.24) is 9.97 Å². The number of nitrogens with zero attached hydrogens (tertiary/aromatic N) is 3. The molecular formula is C12H12N4O3. The van der Waals surface area contributed by atoms with Gasteiger partial charge in [-0.05, 0) is 17.7 Å². The SMILES string of the molecule is NC(=NO)c1cnc(Oc2ccc(CO)cc2)cn1. The van der Waals surface area contributed by atoms with Gasteiger partial charge in [0.05, 0.1) is 19.0 Å². The number of rotatable bonds is 4. The molecule has 0 saturated carbocycles. The molecule has 0 bridgehead atoms. The van der Waals surface area contributed by atoms with Crippen LogP contribution in [0.15, 0.2) is 41.8 Å². The molecule has 0 radical (unpaired) electrons. The normalized spacial score (nSPS) is 11.3. The zero-order valence-corrected chi connectivity index (χ0v) is 9.89. The molecular weight excluding hydrogens is 248 g/mol. The van der Waals surface area contributed by atoms with E-state index in [9.17, 15) is 0 Å². The molecule has 7 heteroatoms. The van der Waals surface area contributed by atoms with Gasteiger partial charge in [0.2, 0.25) is 5.88 Å². The maximum Gasteiger partial charge on any atom is 0.237 e. The molecule has 1 aromatic heterocycles. The summed E-state index contributed by atoms with van der Waals surface area (Å²) < 4.78 is 5.45. The first-order valence-electron chi connectivity index (χ1n) is 5.40. The smallest absolute Gasteiger partial charge is 0.237 e. The number of ether oxygens (including phenoxy) is 1. The van der Waals surface area contributed by atoms with E-state index in [0.717, 1.165) is 5.56 Å². The molecule has 0 unspecified atom stereocenters. The Hall–Kier alpha value is -2.67.